The number of urea groups is 1. The first-order valence-corrected chi connectivity index (χ1v) is 11.2. The number of benzene rings is 1. The smallest absolute Gasteiger partial charge is 0.323 e. The number of rotatable bonds is 4. The molecule has 2 aromatic rings. The number of amides is 3. The largest absolute Gasteiger partial charge is 0.381 e. The van der Waals surface area contributed by atoms with E-state index in [-0.39, 0.29) is 23.8 Å². The SMILES string of the molecule is O=C1Nc2cc(Cl)ccc2C1C1CCN(C(=O)Nc2ccn(CC3CCOC3)n2)CC1. The molecule has 2 saturated heterocycles. The van der Waals surface area contributed by atoms with E-state index in [1.807, 2.05) is 29.1 Å². The van der Waals surface area contributed by atoms with E-state index in [2.05, 4.69) is 15.7 Å². The van der Waals surface area contributed by atoms with Crippen molar-refractivity contribution >= 4 is 35.0 Å². The van der Waals surface area contributed by atoms with E-state index in [0.717, 1.165) is 50.3 Å². The van der Waals surface area contributed by atoms with E-state index in [9.17, 15) is 9.59 Å². The molecule has 1 aromatic heterocycles. The number of hydrogen-bond acceptors (Lipinski definition) is 4. The van der Waals surface area contributed by atoms with Gasteiger partial charge in [0.2, 0.25) is 5.91 Å². The first kappa shape index (κ1) is 20.3. The Balaban J connectivity index is 1.15. The Labute approximate surface area is 185 Å². The molecule has 3 aliphatic rings. The number of anilines is 2. The zero-order chi connectivity index (χ0) is 21.4. The number of nitrogens with zero attached hydrogens (tertiary/aromatic N) is 3. The fraction of sp³-hybridized carbons (Fsp3) is 0.500. The molecule has 2 atom stereocenters. The number of nitrogens with one attached hydrogen (secondary N) is 2. The molecule has 0 spiro atoms. The molecule has 0 saturated carbocycles. The number of ether oxygens (including phenoxy) is 1. The topological polar surface area (TPSA) is 88.5 Å². The molecular weight excluding hydrogens is 418 g/mol. The van der Waals surface area contributed by atoms with Crippen LogP contribution < -0.4 is 10.6 Å². The molecule has 5 rings (SSSR count). The molecule has 8 nitrogen and oxygen atoms in total. The highest BCUT2D eigenvalue weighted by molar-refractivity contribution is 6.31. The lowest BCUT2D eigenvalue weighted by Gasteiger charge is -2.34. The van der Waals surface area contributed by atoms with E-state index in [0.29, 0.717) is 29.8 Å². The predicted octanol–water partition coefficient (Wildman–Crippen LogP) is 3.55. The van der Waals surface area contributed by atoms with Gasteiger partial charge in [-0.25, -0.2) is 4.79 Å². The van der Waals surface area contributed by atoms with Crippen molar-refractivity contribution in [3.63, 3.8) is 0 Å². The fourth-order valence-corrected chi connectivity index (χ4v) is 5.05. The average Bonchev–Trinajstić information content (AvgIpc) is 3.49. The number of aromatic nitrogens is 2. The quantitative estimate of drug-likeness (QED) is 0.756. The van der Waals surface area contributed by atoms with Gasteiger partial charge in [0.25, 0.3) is 0 Å². The Morgan fingerprint density at radius 2 is 2.10 bits per heavy atom. The van der Waals surface area contributed by atoms with Gasteiger partial charge in [0, 0.05) is 55.1 Å². The van der Waals surface area contributed by atoms with Crippen LogP contribution in [0.4, 0.5) is 16.3 Å². The molecular formula is C22H26ClN5O3. The first-order valence-electron chi connectivity index (χ1n) is 10.8. The maximum Gasteiger partial charge on any atom is 0.323 e. The summed E-state index contributed by atoms with van der Waals surface area (Å²) in [5.41, 5.74) is 1.82. The molecule has 3 amide bonds. The van der Waals surface area contributed by atoms with Crippen LogP contribution in [0, 0.1) is 11.8 Å². The second kappa shape index (κ2) is 8.51. The van der Waals surface area contributed by atoms with Crippen molar-refractivity contribution in [2.75, 3.05) is 36.9 Å². The van der Waals surface area contributed by atoms with Crippen LogP contribution in [0.3, 0.4) is 0 Å². The number of piperidine rings is 1. The summed E-state index contributed by atoms with van der Waals surface area (Å²) in [6.07, 6.45) is 4.50. The number of fused-ring (bicyclic) bond motifs is 1. The molecule has 0 aliphatic carbocycles. The minimum absolute atomic E-state index is 0.0263. The van der Waals surface area contributed by atoms with E-state index >= 15 is 0 Å². The summed E-state index contributed by atoms with van der Waals surface area (Å²) in [5, 5.41) is 10.9. The summed E-state index contributed by atoms with van der Waals surface area (Å²) >= 11 is 6.05. The Morgan fingerprint density at radius 1 is 1.26 bits per heavy atom. The van der Waals surface area contributed by atoms with Crippen molar-refractivity contribution in [3.05, 3.63) is 41.0 Å². The molecule has 2 N–H and O–H groups in total. The number of hydrogen-bond donors (Lipinski definition) is 2. The van der Waals surface area contributed by atoms with Crippen molar-refractivity contribution in [3.8, 4) is 0 Å². The minimum Gasteiger partial charge on any atom is -0.381 e. The molecule has 31 heavy (non-hydrogen) atoms. The lowest BCUT2D eigenvalue weighted by molar-refractivity contribution is -0.118. The number of carbonyl (C=O) groups is 2. The lowest BCUT2D eigenvalue weighted by atomic mass is 9.81. The maximum absolute atomic E-state index is 12.7. The van der Waals surface area contributed by atoms with Gasteiger partial charge in [0.1, 0.15) is 0 Å². The third-order valence-corrected chi connectivity index (χ3v) is 6.77. The van der Waals surface area contributed by atoms with Crippen molar-refractivity contribution in [2.45, 2.75) is 31.7 Å². The van der Waals surface area contributed by atoms with Crippen LogP contribution in [0.2, 0.25) is 5.02 Å². The molecule has 2 unspecified atom stereocenters. The van der Waals surface area contributed by atoms with Crippen LogP contribution in [0.1, 0.15) is 30.7 Å². The van der Waals surface area contributed by atoms with Gasteiger partial charge in [-0.05, 0) is 42.9 Å². The summed E-state index contributed by atoms with van der Waals surface area (Å²) in [6, 6.07) is 7.25. The van der Waals surface area contributed by atoms with Crippen LogP contribution >= 0.6 is 11.6 Å². The summed E-state index contributed by atoms with van der Waals surface area (Å²) in [5.74, 6) is 1.11. The van der Waals surface area contributed by atoms with Gasteiger partial charge in [-0.3, -0.25) is 14.8 Å². The standard InChI is InChI=1S/C22H26ClN5O3/c23-16-1-2-17-18(11-16)24-21(29)20(17)15-3-7-27(8-4-15)22(30)25-19-5-9-28(26-19)12-14-6-10-31-13-14/h1-2,5,9,11,14-15,20H,3-4,6-8,10,12-13H2,(H,24,29)(H,25,26,30). The van der Waals surface area contributed by atoms with Gasteiger partial charge in [0.15, 0.2) is 5.82 Å². The van der Waals surface area contributed by atoms with Gasteiger partial charge in [-0.15, -0.1) is 0 Å². The first-order chi connectivity index (χ1) is 15.1. The van der Waals surface area contributed by atoms with Gasteiger partial charge >= 0.3 is 6.03 Å². The second-order valence-electron chi connectivity index (χ2n) is 8.61. The van der Waals surface area contributed by atoms with E-state index < -0.39 is 0 Å². The summed E-state index contributed by atoms with van der Waals surface area (Å²) in [4.78, 5) is 27.1. The molecule has 4 heterocycles. The maximum atomic E-state index is 12.7. The fourth-order valence-electron chi connectivity index (χ4n) is 4.87. The minimum atomic E-state index is -0.173. The Bertz CT molecular complexity index is 979. The second-order valence-corrected chi connectivity index (χ2v) is 9.04. The van der Waals surface area contributed by atoms with E-state index in [1.165, 1.54) is 0 Å². The van der Waals surface area contributed by atoms with Crippen molar-refractivity contribution < 1.29 is 14.3 Å². The molecule has 0 bridgehead atoms. The van der Waals surface area contributed by atoms with Crippen LogP contribution in [0.25, 0.3) is 0 Å². The summed E-state index contributed by atoms with van der Waals surface area (Å²) in [7, 11) is 0. The highest BCUT2D eigenvalue weighted by Crippen LogP contribution is 2.42. The van der Waals surface area contributed by atoms with Crippen LogP contribution in [-0.2, 0) is 16.1 Å². The average molecular weight is 444 g/mol. The number of halogens is 1. The number of likely N-dealkylation sites (tertiary alicyclic amines) is 1. The molecule has 1 aromatic carbocycles. The predicted molar refractivity (Wildman–Crippen MR) is 117 cm³/mol. The van der Waals surface area contributed by atoms with Crippen LogP contribution in [-0.4, -0.2) is 52.9 Å². The van der Waals surface area contributed by atoms with Crippen molar-refractivity contribution in [2.24, 2.45) is 11.8 Å². The van der Waals surface area contributed by atoms with Crippen LogP contribution in [0.5, 0.6) is 0 Å². The van der Waals surface area contributed by atoms with Gasteiger partial charge in [-0.1, -0.05) is 17.7 Å². The Morgan fingerprint density at radius 3 is 2.87 bits per heavy atom. The van der Waals surface area contributed by atoms with Crippen molar-refractivity contribution in [1.82, 2.24) is 14.7 Å². The monoisotopic (exact) mass is 443 g/mol. The number of carbonyl (C=O) groups excluding carboxylic acids is 2. The molecule has 0 radical (unpaired) electrons. The lowest BCUT2D eigenvalue weighted by Crippen LogP contribution is -2.42. The zero-order valence-electron chi connectivity index (χ0n) is 17.2. The summed E-state index contributed by atoms with van der Waals surface area (Å²) < 4.78 is 7.27. The highest BCUT2D eigenvalue weighted by Gasteiger charge is 2.39. The Kier molecular flexibility index (Phi) is 5.58. The highest BCUT2D eigenvalue weighted by atomic mass is 35.5. The van der Waals surface area contributed by atoms with Gasteiger partial charge in [-0.2, -0.15) is 5.10 Å². The molecule has 2 fully saturated rings. The van der Waals surface area contributed by atoms with Crippen molar-refractivity contribution in [1.29, 1.82) is 0 Å². The Hall–Kier alpha value is -2.58. The van der Waals surface area contributed by atoms with Gasteiger partial charge in [0.05, 0.1) is 12.5 Å². The normalized spacial score (nSPS) is 23.6. The summed E-state index contributed by atoms with van der Waals surface area (Å²) in [6.45, 7) is 3.62. The molecule has 9 heteroatoms. The molecule has 164 valence electrons. The molecule has 3 aliphatic heterocycles. The zero-order valence-corrected chi connectivity index (χ0v) is 18.0. The van der Waals surface area contributed by atoms with E-state index in [1.54, 1.807) is 11.0 Å². The third-order valence-electron chi connectivity index (χ3n) is 6.53. The van der Waals surface area contributed by atoms with Crippen LogP contribution in [0.15, 0.2) is 30.5 Å². The van der Waals surface area contributed by atoms with Gasteiger partial charge < -0.3 is 15.0 Å². The van der Waals surface area contributed by atoms with E-state index in [4.69, 9.17) is 16.3 Å². The third kappa shape index (κ3) is 4.27.